The van der Waals surface area contributed by atoms with Crippen LogP contribution >= 0.6 is 0 Å². The molecule has 7 rings (SSSR count). The average Bonchev–Trinajstić information content (AvgIpc) is 3.51. The molecule has 1 spiro atoms. The quantitative estimate of drug-likeness (QED) is 0.286. The number of hydrogen-bond acceptors (Lipinski definition) is 5. The molecule has 4 bridgehead atoms. The molecule has 5 nitrogen and oxygen atoms in total. The Labute approximate surface area is 220 Å². The lowest BCUT2D eigenvalue weighted by atomic mass is 9.50. The largest absolute Gasteiger partial charge is 0.497 e. The topological polar surface area (TPSA) is 61.8 Å². The van der Waals surface area contributed by atoms with Gasteiger partial charge in [0.2, 0.25) is 0 Å². The lowest BCUT2D eigenvalue weighted by molar-refractivity contribution is -0.177. The predicted molar refractivity (Wildman–Crippen MR) is 139 cm³/mol. The Morgan fingerprint density at radius 3 is 2.65 bits per heavy atom. The third kappa shape index (κ3) is 2.67. The van der Waals surface area contributed by atoms with E-state index in [0.29, 0.717) is 12.3 Å². The molecule has 5 heteroatoms. The summed E-state index contributed by atoms with van der Waals surface area (Å²) in [5, 5.41) is 0. The number of hydrogen-bond donors (Lipinski definition) is 0. The maximum Gasteiger partial charge on any atom is 0.324 e. The minimum Gasteiger partial charge on any atom is -0.497 e. The van der Waals surface area contributed by atoms with E-state index in [1.54, 1.807) is 7.11 Å². The molecule has 1 saturated heterocycles. The second-order valence-electron chi connectivity index (χ2n) is 13.8. The van der Waals surface area contributed by atoms with Gasteiger partial charge in [0, 0.05) is 29.6 Å². The first-order valence-corrected chi connectivity index (χ1v) is 14.4. The molecule has 1 heterocycles. The van der Waals surface area contributed by atoms with E-state index >= 15 is 0 Å². The molecule has 0 unspecified atom stereocenters. The number of aryl methyl sites for hydroxylation is 1. The fourth-order valence-electron chi connectivity index (χ4n) is 10.3. The van der Waals surface area contributed by atoms with Gasteiger partial charge in [0.1, 0.15) is 17.5 Å². The first-order valence-electron chi connectivity index (χ1n) is 14.4. The van der Waals surface area contributed by atoms with E-state index in [4.69, 9.17) is 14.2 Å². The molecule has 0 amide bonds. The van der Waals surface area contributed by atoms with E-state index in [1.807, 2.05) is 12.1 Å². The van der Waals surface area contributed by atoms with Crippen molar-refractivity contribution in [1.82, 2.24) is 0 Å². The maximum atomic E-state index is 14.6. The Kier molecular flexibility index (Phi) is 4.77. The summed E-state index contributed by atoms with van der Waals surface area (Å²) in [7, 11) is 1.67. The number of carbonyl (C=O) groups excluding carboxylic acids is 2. The van der Waals surface area contributed by atoms with Crippen molar-refractivity contribution in [1.29, 1.82) is 0 Å². The second-order valence-corrected chi connectivity index (χ2v) is 13.8. The maximum absolute atomic E-state index is 14.6. The molecule has 0 radical (unpaired) electrons. The van der Waals surface area contributed by atoms with Crippen LogP contribution in [0.1, 0.15) is 82.8 Å². The third-order valence-electron chi connectivity index (χ3n) is 12.8. The zero-order chi connectivity index (χ0) is 26.0. The second kappa shape index (κ2) is 7.42. The van der Waals surface area contributed by atoms with Crippen molar-refractivity contribution in [2.45, 2.75) is 89.8 Å². The lowest BCUT2D eigenvalue weighted by Gasteiger charge is -2.51. The van der Waals surface area contributed by atoms with Gasteiger partial charge in [-0.2, -0.15) is 0 Å². The average molecular weight is 505 g/mol. The van der Waals surface area contributed by atoms with E-state index < -0.39 is 11.0 Å². The van der Waals surface area contributed by atoms with Gasteiger partial charge in [-0.1, -0.05) is 32.9 Å². The minimum atomic E-state index is -1.31. The molecule has 4 saturated carbocycles. The standard InChI is InChI=1S/C32H40O5/c1-6-19-9-12-24-22-11-8-18-7-10-21(35-5)16-23(18)26(22)31(17-32(19,24)37-28(31)34)27(33)36-25-15-20-13-14-30(25,4)29(20,2)3/h6-7,10,16,19-20,22,24-26H,1,8-9,11-15,17H2,2-5H3/t19-,20-,22+,24+,25+,26+,30+,31-,32-/m0/s1. The van der Waals surface area contributed by atoms with Gasteiger partial charge in [0.25, 0.3) is 0 Å². The summed E-state index contributed by atoms with van der Waals surface area (Å²) in [4.78, 5) is 28.8. The summed E-state index contributed by atoms with van der Waals surface area (Å²) in [5.74, 6) is 0.893. The molecule has 0 aromatic heterocycles. The number of rotatable bonds is 4. The number of ether oxygens (including phenoxy) is 3. The molecule has 0 N–H and O–H groups in total. The molecule has 37 heavy (non-hydrogen) atoms. The molecule has 5 fully saturated rings. The molecular formula is C32H40O5. The van der Waals surface area contributed by atoms with Gasteiger partial charge < -0.3 is 14.2 Å². The monoisotopic (exact) mass is 504 g/mol. The highest BCUT2D eigenvalue weighted by Gasteiger charge is 2.77. The number of fused-ring (bicyclic) bond motifs is 8. The van der Waals surface area contributed by atoms with E-state index in [-0.39, 0.29) is 52.5 Å². The van der Waals surface area contributed by atoms with Crippen LogP contribution in [0.5, 0.6) is 5.75 Å². The first-order chi connectivity index (χ1) is 17.6. The summed E-state index contributed by atoms with van der Waals surface area (Å²) in [6.07, 6.45) is 9.23. The highest BCUT2D eigenvalue weighted by molar-refractivity contribution is 6.04. The van der Waals surface area contributed by atoms with Crippen LogP contribution in [0.15, 0.2) is 30.9 Å². The van der Waals surface area contributed by atoms with Crippen molar-refractivity contribution >= 4 is 11.9 Å². The number of methoxy groups -OCH3 is 1. The van der Waals surface area contributed by atoms with Gasteiger partial charge in [0.05, 0.1) is 7.11 Å². The minimum absolute atomic E-state index is 0.0640. The van der Waals surface area contributed by atoms with Gasteiger partial charge in [-0.3, -0.25) is 9.59 Å². The summed E-state index contributed by atoms with van der Waals surface area (Å²) in [5.41, 5.74) is 0.418. The number of carbonyl (C=O) groups is 2. The van der Waals surface area contributed by atoms with Crippen LogP contribution in [0.3, 0.4) is 0 Å². The predicted octanol–water partition coefficient (Wildman–Crippen LogP) is 6.00. The third-order valence-corrected chi connectivity index (χ3v) is 12.8. The van der Waals surface area contributed by atoms with Crippen LogP contribution in [0.2, 0.25) is 0 Å². The smallest absolute Gasteiger partial charge is 0.324 e. The van der Waals surface area contributed by atoms with Crippen molar-refractivity contribution in [2.75, 3.05) is 7.11 Å². The van der Waals surface area contributed by atoms with Crippen LogP contribution in [-0.4, -0.2) is 30.8 Å². The summed E-state index contributed by atoms with van der Waals surface area (Å²) < 4.78 is 18.6. The number of esters is 2. The van der Waals surface area contributed by atoms with E-state index in [9.17, 15) is 9.59 Å². The highest BCUT2D eigenvalue weighted by atomic mass is 16.6. The normalized spacial score (nSPS) is 46.0. The number of benzene rings is 1. The van der Waals surface area contributed by atoms with E-state index in [2.05, 4.69) is 39.5 Å². The Hall–Kier alpha value is -2.30. The van der Waals surface area contributed by atoms with E-state index in [1.165, 1.54) is 12.0 Å². The van der Waals surface area contributed by atoms with Crippen LogP contribution in [-0.2, 0) is 25.5 Å². The van der Waals surface area contributed by atoms with Crippen molar-refractivity contribution < 1.29 is 23.8 Å². The van der Waals surface area contributed by atoms with Gasteiger partial charge in [-0.05, 0) is 85.5 Å². The highest BCUT2D eigenvalue weighted by Crippen LogP contribution is 2.71. The Morgan fingerprint density at radius 1 is 1.16 bits per heavy atom. The van der Waals surface area contributed by atoms with Crippen LogP contribution in [0, 0.1) is 39.9 Å². The Morgan fingerprint density at radius 2 is 1.97 bits per heavy atom. The van der Waals surface area contributed by atoms with Crippen molar-refractivity contribution in [2.24, 2.45) is 39.9 Å². The van der Waals surface area contributed by atoms with Gasteiger partial charge in [-0.15, -0.1) is 6.58 Å². The summed E-state index contributed by atoms with van der Waals surface area (Å²) in [6, 6.07) is 6.18. The molecule has 1 aromatic rings. The molecule has 198 valence electrons. The van der Waals surface area contributed by atoms with Gasteiger partial charge in [-0.25, -0.2) is 0 Å². The van der Waals surface area contributed by atoms with Crippen LogP contribution in [0.4, 0.5) is 0 Å². The molecule has 1 aliphatic heterocycles. The lowest BCUT2D eigenvalue weighted by Crippen LogP contribution is -2.56. The van der Waals surface area contributed by atoms with Crippen LogP contribution < -0.4 is 4.74 Å². The first kappa shape index (κ1) is 23.8. The van der Waals surface area contributed by atoms with Crippen molar-refractivity contribution in [3.63, 3.8) is 0 Å². The zero-order valence-corrected chi connectivity index (χ0v) is 22.7. The van der Waals surface area contributed by atoms with E-state index in [0.717, 1.165) is 49.8 Å². The molecule has 9 atom stereocenters. The zero-order valence-electron chi connectivity index (χ0n) is 22.7. The van der Waals surface area contributed by atoms with Gasteiger partial charge in [0.15, 0.2) is 5.41 Å². The summed E-state index contributed by atoms with van der Waals surface area (Å²) in [6.45, 7) is 11.1. The Balaban J connectivity index is 1.35. The fourth-order valence-corrected chi connectivity index (χ4v) is 10.3. The summed E-state index contributed by atoms with van der Waals surface area (Å²) >= 11 is 0. The molecular weight excluding hydrogens is 464 g/mol. The SMILES string of the molecule is C=C[C@H]1CC[C@@H]2[C@H]3CCc4ccc(OC)cc4[C@@H]3[C@]3(C(=O)O[C@@H]4C[C@@H]5CC[C@@]4(C)C5(C)C)C[C@@]21OC3=O. The molecule has 1 aromatic carbocycles. The molecule has 6 aliphatic rings. The molecule has 5 aliphatic carbocycles. The van der Waals surface area contributed by atoms with Crippen LogP contribution in [0.25, 0.3) is 0 Å². The fraction of sp³-hybridized carbons (Fsp3) is 0.688. The van der Waals surface area contributed by atoms with Gasteiger partial charge >= 0.3 is 11.9 Å². The van der Waals surface area contributed by atoms with Crippen molar-refractivity contribution in [3.05, 3.63) is 42.0 Å². The Bertz CT molecular complexity index is 1200. The van der Waals surface area contributed by atoms with Crippen molar-refractivity contribution in [3.8, 4) is 5.75 Å².